The summed E-state index contributed by atoms with van der Waals surface area (Å²) in [5, 5.41) is 9.14. The van der Waals surface area contributed by atoms with Crippen LogP contribution in [0.5, 0.6) is 5.75 Å². The highest BCUT2D eigenvalue weighted by molar-refractivity contribution is 6.33. The lowest BCUT2D eigenvalue weighted by Crippen LogP contribution is -2.28. The first-order valence-electron chi connectivity index (χ1n) is 5.44. The first-order valence-corrected chi connectivity index (χ1v) is 5.82. The van der Waals surface area contributed by atoms with Crippen LogP contribution in [0.2, 0.25) is 5.02 Å². The van der Waals surface area contributed by atoms with Crippen LogP contribution in [0.25, 0.3) is 0 Å². The van der Waals surface area contributed by atoms with Crippen molar-refractivity contribution in [2.24, 2.45) is 0 Å². The summed E-state index contributed by atoms with van der Waals surface area (Å²) in [6.45, 7) is 1.31. The van der Waals surface area contributed by atoms with Crippen LogP contribution >= 0.6 is 11.6 Å². The van der Waals surface area contributed by atoms with E-state index in [9.17, 15) is 4.79 Å². The van der Waals surface area contributed by atoms with Crippen molar-refractivity contribution in [3.05, 3.63) is 28.8 Å². The van der Waals surface area contributed by atoms with Crippen molar-refractivity contribution >= 4 is 17.6 Å². The van der Waals surface area contributed by atoms with E-state index in [2.05, 4.69) is 0 Å². The molecule has 0 bridgehead atoms. The number of rotatable bonds is 3. The molecule has 17 heavy (non-hydrogen) atoms. The van der Waals surface area contributed by atoms with Crippen molar-refractivity contribution < 1.29 is 19.4 Å². The molecule has 1 aromatic carbocycles. The van der Waals surface area contributed by atoms with E-state index >= 15 is 0 Å². The molecule has 2 rings (SSSR count). The molecule has 5 heteroatoms. The van der Waals surface area contributed by atoms with E-state index < -0.39 is 5.97 Å². The number of hydrogen-bond acceptors (Lipinski definition) is 3. The monoisotopic (exact) mass is 256 g/mol. The normalized spacial score (nSPS) is 19.9. The first-order chi connectivity index (χ1) is 8.16. The van der Waals surface area contributed by atoms with E-state index in [0.29, 0.717) is 12.4 Å². The van der Waals surface area contributed by atoms with Crippen molar-refractivity contribution in [2.75, 3.05) is 13.2 Å². The second kappa shape index (κ2) is 5.38. The van der Waals surface area contributed by atoms with Gasteiger partial charge in [0, 0.05) is 6.61 Å². The number of carboxylic acid groups (broad SMARTS) is 1. The summed E-state index contributed by atoms with van der Waals surface area (Å²) in [5.74, 6) is -0.539. The van der Waals surface area contributed by atoms with Crippen LogP contribution in [0, 0.1) is 0 Å². The minimum absolute atomic E-state index is 0.00781. The molecule has 1 fully saturated rings. The minimum atomic E-state index is -1.06. The highest BCUT2D eigenvalue weighted by Crippen LogP contribution is 2.24. The average molecular weight is 257 g/mol. The number of halogens is 1. The predicted molar refractivity (Wildman–Crippen MR) is 62.9 cm³/mol. The second-order valence-corrected chi connectivity index (χ2v) is 4.31. The van der Waals surface area contributed by atoms with Crippen LogP contribution in [0.1, 0.15) is 23.2 Å². The Labute approximate surface area is 104 Å². The van der Waals surface area contributed by atoms with Gasteiger partial charge in [-0.1, -0.05) is 11.6 Å². The molecule has 1 saturated heterocycles. The van der Waals surface area contributed by atoms with Crippen LogP contribution in [0.4, 0.5) is 0 Å². The summed E-state index contributed by atoms with van der Waals surface area (Å²) >= 11 is 5.77. The maximum absolute atomic E-state index is 10.9. The van der Waals surface area contributed by atoms with E-state index in [1.54, 1.807) is 6.07 Å². The fourth-order valence-corrected chi connectivity index (χ4v) is 1.94. The Morgan fingerprint density at radius 1 is 1.53 bits per heavy atom. The third-order valence-corrected chi connectivity index (χ3v) is 2.92. The number of ether oxygens (including phenoxy) is 2. The molecular formula is C12H13ClO4. The molecule has 0 aromatic heterocycles. The first kappa shape index (κ1) is 12.2. The fraction of sp³-hybridized carbons (Fsp3) is 0.417. The molecular weight excluding hydrogens is 244 g/mol. The molecule has 4 nitrogen and oxygen atoms in total. The number of hydrogen-bond donors (Lipinski definition) is 1. The maximum Gasteiger partial charge on any atom is 0.337 e. The third kappa shape index (κ3) is 3.11. The summed E-state index contributed by atoms with van der Waals surface area (Å²) in [6.07, 6.45) is 1.88. The molecule has 1 N–H and O–H groups in total. The molecule has 0 aliphatic carbocycles. The zero-order valence-electron chi connectivity index (χ0n) is 9.19. The van der Waals surface area contributed by atoms with Crippen LogP contribution in [0.15, 0.2) is 18.2 Å². The van der Waals surface area contributed by atoms with Gasteiger partial charge in [0.25, 0.3) is 0 Å². The second-order valence-electron chi connectivity index (χ2n) is 3.90. The third-order valence-electron chi connectivity index (χ3n) is 2.59. The lowest BCUT2D eigenvalue weighted by molar-refractivity contribution is 0.00738. The van der Waals surface area contributed by atoms with Gasteiger partial charge < -0.3 is 14.6 Å². The van der Waals surface area contributed by atoms with Gasteiger partial charge in [-0.25, -0.2) is 4.79 Å². The molecule has 0 amide bonds. The molecule has 1 aromatic rings. The number of benzene rings is 1. The Hall–Kier alpha value is -1.26. The molecule has 1 atom stereocenters. The van der Waals surface area contributed by atoms with Crippen molar-refractivity contribution in [1.29, 1.82) is 0 Å². The van der Waals surface area contributed by atoms with Crippen molar-refractivity contribution in [3.63, 3.8) is 0 Å². The SMILES string of the molecule is O=C(O)c1cc(OC2CCCOC2)ccc1Cl. The minimum Gasteiger partial charge on any atom is -0.488 e. The van der Waals surface area contributed by atoms with E-state index in [1.165, 1.54) is 12.1 Å². The van der Waals surface area contributed by atoms with Crippen LogP contribution < -0.4 is 4.74 Å². The Bertz CT molecular complexity index is 413. The molecule has 1 aliphatic rings. The van der Waals surface area contributed by atoms with Gasteiger partial charge in [-0.2, -0.15) is 0 Å². The van der Waals surface area contributed by atoms with Crippen LogP contribution in [-0.4, -0.2) is 30.4 Å². The van der Waals surface area contributed by atoms with E-state index in [0.717, 1.165) is 19.4 Å². The molecule has 0 saturated carbocycles. The zero-order chi connectivity index (χ0) is 12.3. The van der Waals surface area contributed by atoms with Crippen LogP contribution in [0.3, 0.4) is 0 Å². The predicted octanol–water partition coefficient (Wildman–Crippen LogP) is 2.60. The number of carbonyl (C=O) groups is 1. The zero-order valence-corrected chi connectivity index (χ0v) is 9.94. The molecule has 1 unspecified atom stereocenters. The van der Waals surface area contributed by atoms with Gasteiger partial charge in [0.1, 0.15) is 11.9 Å². The Balaban J connectivity index is 2.10. The quantitative estimate of drug-likeness (QED) is 0.903. The van der Waals surface area contributed by atoms with Gasteiger partial charge in [0.15, 0.2) is 0 Å². The standard InChI is InChI=1S/C12H13ClO4/c13-11-4-3-8(6-10(11)12(14)15)17-9-2-1-5-16-7-9/h3-4,6,9H,1-2,5,7H2,(H,14,15). The summed E-state index contributed by atoms with van der Waals surface area (Å²) in [5.41, 5.74) is 0.0564. The highest BCUT2D eigenvalue weighted by Gasteiger charge is 2.17. The average Bonchev–Trinajstić information content (AvgIpc) is 2.32. The van der Waals surface area contributed by atoms with E-state index in [1.807, 2.05) is 0 Å². The summed E-state index contributed by atoms with van der Waals surface area (Å²) in [4.78, 5) is 10.9. The van der Waals surface area contributed by atoms with Crippen LogP contribution in [-0.2, 0) is 4.74 Å². The van der Waals surface area contributed by atoms with Gasteiger partial charge >= 0.3 is 5.97 Å². The van der Waals surface area contributed by atoms with Gasteiger partial charge in [-0.3, -0.25) is 0 Å². The maximum atomic E-state index is 10.9. The Morgan fingerprint density at radius 2 is 2.35 bits per heavy atom. The largest absolute Gasteiger partial charge is 0.488 e. The van der Waals surface area contributed by atoms with Gasteiger partial charge in [-0.15, -0.1) is 0 Å². The smallest absolute Gasteiger partial charge is 0.337 e. The number of carboxylic acids is 1. The molecule has 0 radical (unpaired) electrons. The van der Waals surface area contributed by atoms with E-state index in [4.69, 9.17) is 26.2 Å². The van der Waals surface area contributed by atoms with Crippen molar-refractivity contribution in [2.45, 2.75) is 18.9 Å². The van der Waals surface area contributed by atoms with Crippen molar-refractivity contribution in [3.8, 4) is 5.75 Å². The lowest BCUT2D eigenvalue weighted by Gasteiger charge is -2.23. The van der Waals surface area contributed by atoms with Gasteiger partial charge in [-0.05, 0) is 31.0 Å². The Morgan fingerprint density at radius 3 is 3.00 bits per heavy atom. The highest BCUT2D eigenvalue weighted by atomic mass is 35.5. The van der Waals surface area contributed by atoms with Gasteiger partial charge in [0.2, 0.25) is 0 Å². The summed E-state index contributed by atoms with van der Waals surface area (Å²) in [7, 11) is 0. The molecule has 0 spiro atoms. The summed E-state index contributed by atoms with van der Waals surface area (Å²) < 4.78 is 10.9. The van der Waals surface area contributed by atoms with Crippen molar-refractivity contribution in [1.82, 2.24) is 0 Å². The molecule has 1 heterocycles. The topological polar surface area (TPSA) is 55.8 Å². The number of aromatic carboxylic acids is 1. The van der Waals surface area contributed by atoms with Gasteiger partial charge in [0.05, 0.1) is 17.2 Å². The molecule has 1 aliphatic heterocycles. The summed E-state index contributed by atoms with van der Waals surface area (Å²) in [6, 6.07) is 4.65. The van der Waals surface area contributed by atoms with E-state index in [-0.39, 0.29) is 16.7 Å². The fourth-order valence-electron chi connectivity index (χ4n) is 1.74. The molecule has 92 valence electrons. The Kier molecular flexibility index (Phi) is 3.86. The lowest BCUT2D eigenvalue weighted by atomic mass is 10.1.